The van der Waals surface area contributed by atoms with Gasteiger partial charge in [-0.25, -0.2) is 4.79 Å². The Hall–Kier alpha value is -1.55. The molecule has 0 unspecified atom stereocenters. The Balaban J connectivity index is 2.30. The summed E-state index contributed by atoms with van der Waals surface area (Å²) in [7, 11) is 0. The number of para-hydroxylation sites is 1. The lowest BCUT2D eigenvalue weighted by Crippen LogP contribution is -2.36. The Morgan fingerprint density at radius 3 is 2.71 bits per heavy atom. The van der Waals surface area contributed by atoms with Gasteiger partial charge < -0.3 is 11.1 Å². The van der Waals surface area contributed by atoms with Crippen LogP contribution in [0.2, 0.25) is 0 Å². The van der Waals surface area contributed by atoms with E-state index < -0.39 is 0 Å². The van der Waals surface area contributed by atoms with Crippen molar-refractivity contribution >= 4 is 11.7 Å². The number of nitrogens with zero attached hydrogens (tertiary/aromatic N) is 1. The fourth-order valence-corrected chi connectivity index (χ4v) is 2.12. The van der Waals surface area contributed by atoms with E-state index in [2.05, 4.69) is 5.32 Å². The van der Waals surface area contributed by atoms with E-state index in [0.717, 1.165) is 24.2 Å². The number of hydrogen-bond acceptors (Lipinski definition) is 2. The van der Waals surface area contributed by atoms with Gasteiger partial charge in [0.15, 0.2) is 0 Å². The average Bonchev–Trinajstić information content (AvgIpc) is 2.63. The minimum absolute atomic E-state index is 0.0210. The van der Waals surface area contributed by atoms with Crippen LogP contribution >= 0.6 is 0 Å². The highest BCUT2D eigenvalue weighted by Gasteiger charge is 2.24. The number of carbonyl (C=O) groups excluding carboxylic acids is 1. The Kier molecular flexibility index (Phi) is 3.07. The van der Waals surface area contributed by atoms with Gasteiger partial charge in [0.25, 0.3) is 0 Å². The Morgan fingerprint density at radius 2 is 2.12 bits per heavy atom. The van der Waals surface area contributed by atoms with Crippen molar-refractivity contribution in [2.45, 2.75) is 25.8 Å². The van der Waals surface area contributed by atoms with Crippen molar-refractivity contribution in [3.63, 3.8) is 0 Å². The van der Waals surface area contributed by atoms with Gasteiger partial charge in [0, 0.05) is 24.3 Å². The van der Waals surface area contributed by atoms with Crippen LogP contribution in [0.15, 0.2) is 24.3 Å². The van der Waals surface area contributed by atoms with Crippen molar-refractivity contribution in [1.82, 2.24) is 5.32 Å². The highest BCUT2D eigenvalue weighted by atomic mass is 16.2. The van der Waals surface area contributed by atoms with Gasteiger partial charge in [-0.3, -0.25) is 4.90 Å². The summed E-state index contributed by atoms with van der Waals surface area (Å²) >= 11 is 0. The number of urea groups is 1. The third-order valence-corrected chi connectivity index (χ3v) is 2.79. The first-order valence-corrected chi connectivity index (χ1v) is 5.89. The number of benzene rings is 1. The van der Waals surface area contributed by atoms with Gasteiger partial charge in [0.1, 0.15) is 0 Å². The molecule has 1 aromatic rings. The molecule has 2 amide bonds. The second kappa shape index (κ2) is 4.37. The predicted molar refractivity (Wildman–Crippen MR) is 69.2 cm³/mol. The van der Waals surface area contributed by atoms with E-state index in [-0.39, 0.29) is 11.6 Å². The monoisotopic (exact) mass is 233 g/mol. The minimum atomic E-state index is -0.272. The van der Waals surface area contributed by atoms with Crippen LogP contribution in [0.4, 0.5) is 10.5 Å². The normalized spacial score (nSPS) is 16.2. The highest BCUT2D eigenvalue weighted by Crippen LogP contribution is 2.24. The molecule has 1 aromatic carbocycles. The summed E-state index contributed by atoms with van der Waals surface area (Å²) < 4.78 is 0. The van der Waals surface area contributed by atoms with Crippen LogP contribution in [-0.2, 0) is 6.42 Å². The largest absolute Gasteiger partial charge is 0.336 e. The van der Waals surface area contributed by atoms with Gasteiger partial charge in [-0.05, 0) is 31.9 Å². The fourth-order valence-electron chi connectivity index (χ4n) is 2.12. The summed E-state index contributed by atoms with van der Waals surface area (Å²) in [4.78, 5) is 13.5. The number of hydrogen-bond donors (Lipinski definition) is 2. The van der Waals surface area contributed by atoms with E-state index in [1.807, 2.05) is 38.1 Å². The molecule has 1 saturated heterocycles. The maximum atomic E-state index is 11.7. The van der Waals surface area contributed by atoms with Crippen LogP contribution < -0.4 is 16.0 Å². The van der Waals surface area contributed by atoms with Crippen molar-refractivity contribution in [1.29, 1.82) is 0 Å². The zero-order valence-electron chi connectivity index (χ0n) is 10.4. The van der Waals surface area contributed by atoms with Crippen LogP contribution in [0.3, 0.4) is 0 Å². The molecule has 2 rings (SSSR count). The fraction of sp³-hybridized carbons (Fsp3) is 0.462. The highest BCUT2D eigenvalue weighted by molar-refractivity contribution is 5.94. The number of amides is 2. The molecular weight excluding hydrogens is 214 g/mol. The molecule has 3 N–H and O–H groups in total. The van der Waals surface area contributed by atoms with Crippen LogP contribution in [0, 0.1) is 0 Å². The molecule has 17 heavy (non-hydrogen) atoms. The Bertz CT molecular complexity index is 423. The van der Waals surface area contributed by atoms with Crippen molar-refractivity contribution in [3.8, 4) is 0 Å². The molecule has 0 atom stereocenters. The lowest BCUT2D eigenvalue weighted by Gasteiger charge is -2.23. The summed E-state index contributed by atoms with van der Waals surface area (Å²) in [5, 5.41) is 2.81. The van der Waals surface area contributed by atoms with Gasteiger partial charge in [0.05, 0.1) is 0 Å². The molecule has 0 aromatic heterocycles. The minimum Gasteiger partial charge on any atom is -0.336 e. The summed E-state index contributed by atoms with van der Waals surface area (Å²) in [6, 6.07) is 7.93. The number of anilines is 1. The smallest absolute Gasteiger partial charge is 0.322 e. The van der Waals surface area contributed by atoms with Gasteiger partial charge in [-0.15, -0.1) is 0 Å². The maximum absolute atomic E-state index is 11.7. The molecule has 1 aliphatic heterocycles. The van der Waals surface area contributed by atoms with Crippen molar-refractivity contribution in [3.05, 3.63) is 29.8 Å². The summed E-state index contributed by atoms with van der Waals surface area (Å²) in [6.45, 7) is 5.42. The maximum Gasteiger partial charge on any atom is 0.322 e. The zero-order chi connectivity index (χ0) is 12.5. The third-order valence-electron chi connectivity index (χ3n) is 2.79. The van der Waals surface area contributed by atoms with Crippen molar-refractivity contribution < 1.29 is 4.79 Å². The standard InChI is InChI=1S/C13H19N3O/c1-13(2,14)9-10-5-3-4-6-11(10)16-8-7-15-12(16)17/h3-6H,7-9,14H2,1-2H3,(H,15,17). The molecule has 0 bridgehead atoms. The van der Waals surface area contributed by atoms with E-state index in [9.17, 15) is 4.79 Å². The molecular formula is C13H19N3O. The molecule has 0 radical (unpaired) electrons. The quantitative estimate of drug-likeness (QED) is 0.831. The lowest BCUT2D eigenvalue weighted by molar-refractivity contribution is 0.252. The van der Waals surface area contributed by atoms with Crippen LogP contribution in [0.1, 0.15) is 19.4 Å². The topological polar surface area (TPSA) is 58.4 Å². The second-order valence-electron chi connectivity index (χ2n) is 5.18. The number of carbonyl (C=O) groups is 1. The lowest BCUT2D eigenvalue weighted by atomic mass is 9.95. The van der Waals surface area contributed by atoms with Gasteiger partial charge >= 0.3 is 6.03 Å². The van der Waals surface area contributed by atoms with Gasteiger partial charge in [0.2, 0.25) is 0 Å². The summed E-state index contributed by atoms with van der Waals surface area (Å²) in [5.74, 6) is 0. The molecule has 4 heteroatoms. The molecule has 0 spiro atoms. The van der Waals surface area contributed by atoms with E-state index in [4.69, 9.17) is 5.73 Å². The van der Waals surface area contributed by atoms with E-state index >= 15 is 0 Å². The molecule has 1 aliphatic rings. The Morgan fingerprint density at radius 1 is 1.41 bits per heavy atom. The average molecular weight is 233 g/mol. The summed E-state index contributed by atoms with van der Waals surface area (Å²) in [6.07, 6.45) is 0.757. The number of rotatable bonds is 3. The number of nitrogens with one attached hydrogen (secondary N) is 1. The molecule has 4 nitrogen and oxygen atoms in total. The molecule has 92 valence electrons. The second-order valence-corrected chi connectivity index (χ2v) is 5.18. The Labute approximate surface area is 102 Å². The van der Waals surface area contributed by atoms with E-state index in [0.29, 0.717) is 6.54 Å². The SMILES string of the molecule is CC(C)(N)Cc1ccccc1N1CCNC1=O. The molecule has 1 fully saturated rings. The first kappa shape index (κ1) is 11.9. The van der Waals surface area contributed by atoms with E-state index in [1.165, 1.54) is 0 Å². The third kappa shape index (κ3) is 2.77. The first-order valence-electron chi connectivity index (χ1n) is 5.89. The van der Waals surface area contributed by atoms with Gasteiger partial charge in [-0.2, -0.15) is 0 Å². The zero-order valence-corrected chi connectivity index (χ0v) is 10.4. The van der Waals surface area contributed by atoms with Crippen LogP contribution in [-0.4, -0.2) is 24.7 Å². The van der Waals surface area contributed by atoms with Crippen LogP contribution in [0.25, 0.3) is 0 Å². The van der Waals surface area contributed by atoms with Crippen molar-refractivity contribution in [2.24, 2.45) is 5.73 Å². The first-order chi connectivity index (χ1) is 7.97. The molecule has 1 heterocycles. The predicted octanol–water partition coefficient (Wildman–Crippen LogP) is 1.50. The van der Waals surface area contributed by atoms with Crippen molar-refractivity contribution in [2.75, 3.05) is 18.0 Å². The number of nitrogens with two attached hydrogens (primary N) is 1. The summed E-state index contributed by atoms with van der Waals surface area (Å²) in [5.41, 5.74) is 7.87. The molecule has 0 saturated carbocycles. The molecule has 0 aliphatic carbocycles. The van der Waals surface area contributed by atoms with Crippen LogP contribution in [0.5, 0.6) is 0 Å². The van der Waals surface area contributed by atoms with E-state index in [1.54, 1.807) is 4.90 Å². The van der Waals surface area contributed by atoms with Gasteiger partial charge in [-0.1, -0.05) is 18.2 Å².